The molecule has 11 heteroatoms. The molecule has 0 aromatic heterocycles. The fourth-order valence-corrected chi connectivity index (χ4v) is 6.18. The largest absolute Gasteiger partial charge is 0.347 e. The predicted octanol–water partition coefficient (Wildman–Crippen LogP) is 3.26. The van der Waals surface area contributed by atoms with Gasteiger partial charge in [0.25, 0.3) is 0 Å². The Morgan fingerprint density at radius 1 is 1.20 bits per heavy atom. The van der Waals surface area contributed by atoms with Crippen molar-refractivity contribution < 1.29 is 26.8 Å². The van der Waals surface area contributed by atoms with E-state index in [0.717, 1.165) is 31.2 Å². The summed E-state index contributed by atoms with van der Waals surface area (Å²) in [4.78, 5) is 28.4. The highest BCUT2D eigenvalue weighted by Gasteiger charge is 2.44. The van der Waals surface area contributed by atoms with E-state index in [-0.39, 0.29) is 34.9 Å². The first-order chi connectivity index (χ1) is 16.5. The number of nitrogens with zero attached hydrogens (tertiary/aromatic N) is 2. The number of piperidine rings is 1. The van der Waals surface area contributed by atoms with Crippen LogP contribution in [0.3, 0.4) is 0 Å². The van der Waals surface area contributed by atoms with Crippen molar-refractivity contribution in [3.8, 4) is 0 Å². The number of nitrogens with one attached hydrogen (secondary N) is 1. The van der Waals surface area contributed by atoms with Crippen molar-refractivity contribution >= 4 is 33.4 Å². The van der Waals surface area contributed by atoms with Crippen molar-refractivity contribution in [1.82, 2.24) is 14.5 Å². The molecule has 1 aliphatic carbocycles. The highest BCUT2D eigenvalue weighted by molar-refractivity contribution is 7.88. The number of hydrogen-bond donors (Lipinski definition) is 1. The number of amides is 2. The molecule has 2 amide bonds. The molecule has 1 saturated carbocycles. The number of rotatable bonds is 7. The Balaban J connectivity index is 1.54. The summed E-state index contributed by atoms with van der Waals surface area (Å²) < 4.78 is 54.1. The van der Waals surface area contributed by atoms with Crippen LogP contribution in [0.15, 0.2) is 24.8 Å². The summed E-state index contributed by atoms with van der Waals surface area (Å²) in [6.07, 6.45) is 5.80. The molecule has 1 N–H and O–H groups in total. The molecule has 35 heavy (non-hydrogen) atoms. The third kappa shape index (κ3) is 5.70. The van der Waals surface area contributed by atoms with Gasteiger partial charge in [0.15, 0.2) is 0 Å². The Labute approximate surface area is 209 Å². The third-order valence-corrected chi connectivity index (χ3v) is 8.78. The van der Waals surface area contributed by atoms with E-state index in [1.165, 1.54) is 9.21 Å². The van der Waals surface area contributed by atoms with Gasteiger partial charge in [-0.25, -0.2) is 21.5 Å². The smallest absolute Gasteiger partial charge is 0.243 e. The summed E-state index contributed by atoms with van der Waals surface area (Å²) in [6.45, 7) is 4.56. The Hall–Kier alpha value is -2.04. The summed E-state index contributed by atoms with van der Waals surface area (Å²) in [6, 6.07) is 0.390. The lowest BCUT2D eigenvalue weighted by Crippen LogP contribution is -2.51. The van der Waals surface area contributed by atoms with Crippen LogP contribution in [0.1, 0.15) is 43.7 Å². The minimum atomic E-state index is -3.43. The van der Waals surface area contributed by atoms with Gasteiger partial charge in [-0.05, 0) is 56.1 Å². The normalized spacial score (nSPS) is 26.4. The minimum absolute atomic E-state index is 0.0311. The molecular formula is C24H30ClF2N3O4S. The second-order valence-electron chi connectivity index (χ2n) is 9.81. The fraction of sp³-hybridized carbons (Fsp3) is 0.583. The van der Waals surface area contributed by atoms with Gasteiger partial charge in [0.05, 0.1) is 23.2 Å². The molecule has 4 rings (SSSR count). The maximum Gasteiger partial charge on any atom is 0.243 e. The van der Waals surface area contributed by atoms with Gasteiger partial charge in [0, 0.05) is 25.2 Å². The van der Waals surface area contributed by atoms with E-state index >= 15 is 0 Å². The number of hydrogen-bond acceptors (Lipinski definition) is 4. The molecule has 0 unspecified atom stereocenters. The number of sulfonamides is 1. The highest BCUT2D eigenvalue weighted by Crippen LogP contribution is 2.43. The van der Waals surface area contributed by atoms with Crippen LogP contribution in [0.25, 0.3) is 0 Å². The van der Waals surface area contributed by atoms with E-state index in [4.69, 9.17) is 11.6 Å². The van der Waals surface area contributed by atoms with E-state index < -0.39 is 45.6 Å². The predicted molar refractivity (Wildman–Crippen MR) is 128 cm³/mol. The SMILES string of the molecule is C=C[C@@H]1C[C@H](C(=O)N[C@@H](c2cc(F)c(Cl)cc2F)C2CC2)N(C(=O)[C@H]2CCCN(S(C)(=O)=O)C2)C1. The van der Waals surface area contributed by atoms with Crippen molar-refractivity contribution in [3.05, 3.63) is 47.0 Å². The molecular weight excluding hydrogens is 500 g/mol. The number of carbonyl (C=O) groups is 2. The molecule has 0 bridgehead atoms. The van der Waals surface area contributed by atoms with E-state index in [1.54, 1.807) is 6.08 Å². The number of benzene rings is 1. The summed E-state index contributed by atoms with van der Waals surface area (Å²) in [5.41, 5.74) is 0.0370. The summed E-state index contributed by atoms with van der Waals surface area (Å²) in [5, 5.41) is 2.54. The van der Waals surface area contributed by atoms with E-state index in [9.17, 15) is 26.8 Å². The lowest BCUT2D eigenvalue weighted by atomic mass is 9.97. The molecule has 2 saturated heterocycles. The van der Waals surface area contributed by atoms with Crippen molar-refractivity contribution in [2.24, 2.45) is 17.8 Å². The maximum atomic E-state index is 14.7. The van der Waals surface area contributed by atoms with E-state index in [1.807, 2.05) is 0 Å². The first-order valence-corrected chi connectivity index (χ1v) is 14.0. The van der Waals surface area contributed by atoms with Crippen molar-refractivity contribution in [2.45, 2.75) is 44.2 Å². The molecule has 4 atom stereocenters. The van der Waals surface area contributed by atoms with E-state index in [2.05, 4.69) is 11.9 Å². The van der Waals surface area contributed by atoms with Crippen LogP contribution in [0, 0.1) is 29.4 Å². The Morgan fingerprint density at radius 2 is 1.91 bits per heavy atom. The molecule has 192 valence electrons. The number of carbonyl (C=O) groups excluding carboxylic acids is 2. The van der Waals surface area contributed by atoms with Crippen LogP contribution in [0.5, 0.6) is 0 Å². The van der Waals surface area contributed by atoms with Crippen molar-refractivity contribution in [1.29, 1.82) is 0 Å². The molecule has 7 nitrogen and oxygen atoms in total. The maximum absolute atomic E-state index is 14.7. The zero-order valence-corrected chi connectivity index (χ0v) is 21.1. The highest BCUT2D eigenvalue weighted by atomic mass is 35.5. The van der Waals surface area contributed by atoms with Gasteiger partial charge in [-0.1, -0.05) is 17.7 Å². The van der Waals surface area contributed by atoms with Gasteiger partial charge >= 0.3 is 0 Å². The van der Waals surface area contributed by atoms with Gasteiger partial charge in [-0.2, -0.15) is 0 Å². The van der Waals surface area contributed by atoms with Gasteiger partial charge in [0.1, 0.15) is 17.7 Å². The van der Waals surface area contributed by atoms with Crippen LogP contribution in [0.2, 0.25) is 5.02 Å². The van der Waals surface area contributed by atoms with Gasteiger partial charge < -0.3 is 10.2 Å². The van der Waals surface area contributed by atoms with Crippen molar-refractivity contribution in [2.75, 3.05) is 25.9 Å². The molecule has 3 aliphatic rings. The Bertz CT molecular complexity index is 1130. The lowest BCUT2D eigenvalue weighted by molar-refractivity contribution is -0.142. The number of likely N-dealkylation sites (tertiary alicyclic amines) is 1. The summed E-state index contributed by atoms with van der Waals surface area (Å²) in [5.74, 6) is -2.84. The van der Waals surface area contributed by atoms with Crippen LogP contribution >= 0.6 is 11.6 Å². The van der Waals surface area contributed by atoms with Crippen LogP contribution in [0.4, 0.5) is 8.78 Å². The molecule has 2 heterocycles. The fourth-order valence-electron chi connectivity index (χ4n) is 5.12. The quantitative estimate of drug-likeness (QED) is 0.434. The molecule has 1 aromatic carbocycles. The Morgan fingerprint density at radius 3 is 2.54 bits per heavy atom. The second kappa shape index (κ2) is 10.1. The monoisotopic (exact) mass is 529 g/mol. The van der Waals surface area contributed by atoms with Crippen molar-refractivity contribution in [3.63, 3.8) is 0 Å². The van der Waals surface area contributed by atoms with Crippen LogP contribution in [-0.4, -0.2) is 61.4 Å². The van der Waals surface area contributed by atoms with Gasteiger partial charge in [0.2, 0.25) is 21.8 Å². The minimum Gasteiger partial charge on any atom is -0.347 e. The molecule has 0 radical (unpaired) electrons. The average Bonchev–Trinajstić information content (AvgIpc) is 3.56. The second-order valence-corrected chi connectivity index (χ2v) is 12.2. The van der Waals surface area contributed by atoms with Gasteiger partial charge in [-0.15, -0.1) is 6.58 Å². The van der Waals surface area contributed by atoms with Crippen LogP contribution in [-0.2, 0) is 19.6 Å². The Kier molecular flexibility index (Phi) is 7.54. The third-order valence-electron chi connectivity index (χ3n) is 7.22. The lowest BCUT2D eigenvalue weighted by Gasteiger charge is -2.34. The first-order valence-electron chi connectivity index (χ1n) is 11.8. The molecule has 2 aliphatic heterocycles. The van der Waals surface area contributed by atoms with Gasteiger partial charge in [-0.3, -0.25) is 9.59 Å². The molecule has 3 fully saturated rings. The average molecular weight is 530 g/mol. The zero-order valence-electron chi connectivity index (χ0n) is 19.6. The van der Waals surface area contributed by atoms with Crippen LogP contribution < -0.4 is 5.32 Å². The standard InChI is InChI=1S/C24H30ClF2N3O4S/c1-3-14-9-21(30(12-14)24(32)16-5-4-8-29(13-16)35(2,33)34)23(31)28-22(15-6-7-15)17-10-20(27)18(25)11-19(17)26/h3,10-11,14-16,21-22H,1,4-9,12-13H2,2H3,(H,28,31)/t14-,16+,21-,22-/m1/s1. The zero-order chi connectivity index (χ0) is 25.5. The molecule has 1 aromatic rings. The summed E-state index contributed by atoms with van der Waals surface area (Å²) >= 11 is 5.70. The first kappa shape index (κ1) is 26.0. The van der Waals surface area contributed by atoms with E-state index in [0.29, 0.717) is 32.4 Å². The summed E-state index contributed by atoms with van der Waals surface area (Å²) in [7, 11) is -3.43. The number of halogens is 3. The molecule has 0 spiro atoms. The topological polar surface area (TPSA) is 86.8 Å².